The normalized spacial score (nSPS) is 11.8. The Kier molecular flexibility index (Phi) is 6.11. The third kappa shape index (κ3) is 4.42. The highest BCUT2D eigenvalue weighted by atomic mass is 16.5. The van der Waals surface area contributed by atoms with Gasteiger partial charge in [0.25, 0.3) is 0 Å². The molecule has 0 radical (unpaired) electrons. The Morgan fingerprint density at radius 2 is 2.05 bits per heavy atom. The molecule has 3 N–H and O–H groups in total. The van der Waals surface area contributed by atoms with Crippen LogP contribution in [0.3, 0.4) is 0 Å². The molecule has 6 nitrogen and oxygen atoms in total. The quantitative estimate of drug-likeness (QED) is 0.743. The van der Waals surface area contributed by atoms with Gasteiger partial charge < -0.3 is 25.3 Å². The molecule has 1 aromatic rings. The van der Waals surface area contributed by atoms with Gasteiger partial charge in [-0.1, -0.05) is 0 Å². The van der Waals surface area contributed by atoms with Gasteiger partial charge in [-0.3, -0.25) is 4.79 Å². The minimum Gasteiger partial charge on any atom is -0.497 e. The third-order valence-corrected chi connectivity index (χ3v) is 2.63. The van der Waals surface area contributed by atoms with Crippen LogP contribution in [0.1, 0.15) is 5.56 Å². The van der Waals surface area contributed by atoms with Crippen molar-refractivity contribution < 1.29 is 19.0 Å². The number of benzene rings is 1. The molecule has 0 bridgehead atoms. The Morgan fingerprint density at radius 1 is 1.32 bits per heavy atom. The molecule has 1 atom stereocenters. The zero-order chi connectivity index (χ0) is 14.3. The summed E-state index contributed by atoms with van der Waals surface area (Å²) >= 11 is 0. The van der Waals surface area contributed by atoms with Crippen LogP contribution in [0.15, 0.2) is 18.2 Å². The van der Waals surface area contributed by atoms with E-state index in [0.717, 1.165) is 5.56 Å². The summed E-state index contributed by atoms with van der Waals surface area (Å²) in [7, 11) is 4.65. The standard InChI is InChI=1S/C13H20N2O4/c1-17-8-11(14)13(16)15-7-9-4-5-10(18-2)6-12(9)19-3/h4-6,11H,7-8,14H2,1-3H3,(H,15,16). The minimum absolute atomic E-state index is 0.186. The number of methoxy groups -OCH3 is 3. The molecule has 106 valence electrons. The first-order valence-electron chi connectivity index (χ1n) is 5.85. The Labute approximate surface area is 112 Å². The summed E-state index contributed by atoms with van der Waals surface area (Å²) in [6.45, 7) is 0.523. The maximum Gasteiger partial charge on any atom is 0.239 e. The maximum atomic E-state index is 11.6. The Balaban J connectivity index is 2.64. The highest BCUT2D eigenvalue weighted by Gasteiger charge is 2.13. The first-order valence-corrected chi connectivity index (χ1v) is 5.85. The van der Waals surface area contributed by atoms with Gasteiger partial charge in [0, 0.05) is 25.3 Å². The van der Waals surface area contributed by atoms with Gasteiger partial charge in [-0.25, -0.2) is 0 Å². The predicted octanol–water partition coefficient (Wildman–Crippen LogP) is 0.294. The Hall–Kier alpha value is -1.79. The molecule has 0 aromatic heterocycles. The van der Waals surface area contributed by atoms with E-state index in [4.69, 9.17) is 19.9 Å². The smallest absolute Gasteiger partial charge is 0.239 e. The maximum absolute atomic E-state index is 11.6. The molecule has 1 aromatic carbocycles. The molecule has 0 aliphatic carbocycles. The van der Waals surface area contributed by atoms with Gasteiger partial charge in [0.15, 0.2) is 0 Å². The van der Waals surface area contributed by atoms with Gasteiger partial charge in [-0.15, -0.1) is 0 Å². The van der Waals surface area contributed by atoms with E-state index >= 15 is 0 Å². The molecule has 0 saturated carbocycles. The van der Waals surface area contributed by atoms with E-state index < -0.39 is 6.04 Å². The number of hydrogen-bond donors (Lipinski definition) is 2. The molecule has 0 heterocycles. The average molecular weight is 268 g/mol. The molecule has 1 amide bonds. The van der Waals surface area contributed by atoms with Gasteiger partial charge in [0.1, 0.15) is 17.5 Å². The predicted molar refractivity (Wildman–Crippen MR) is 71.2 cm³/mol. The molecule has 6 heteroatoms. The lowest BCUT2D eigenvalue weighted by atomic mass is 10.2. The van der Waals surface area contributed by atoms with Crippen LogP contribution >= 0.6 is 0 Å². The second-order valence-electron chi connectivity index (χ2n) is 3.96. The lowest BCUT2D eigenvalue weighted by molar-refractivity contribution is -0.123. The number of carbonyl (C=O) groups is 1. The van der Waals surface area contributed by atoms with Crippen molar-refractivity contribution in [3.8, 4) is 11.5 Å². The van der Waals surface area contributed by atoms with Crippen molar-refractivity contribution in [2.75, 3.05) is 27.9 Å². The summed E-state index contributed by atoms with van der Waals surface area (Å²) in [5.41, 5.74) is 6.47. The van der Waals surface area contributed by atoms with Crippen LogP contribution < -0.4 is 20.5 Å². The zero-order valence-electron chi connectivity index (χ0n) is 11.4. The van der Waals surface area contributed by atoms with Crippen molar-refractivity contribution >= 4 is 5.91 Å². The largest absolute Gasteiger partial charge is 0.497 e. The second-order valence-corrected chi connectivity index (χ2v) is 3.96. The van der Waals surface area contributed by atoms with E-state index in [1.165, 1.54) is 7.11 Å². The molecular weight excluding hydrogens is 248 g/mol. The van der Waals surface area contributed by atoms with Crippen molar-refractivity contribution in [1.29, 1.82) is 0 Å². The summed E-state index contributed by atoms with van der Waals surface area (Å²) in [5.74, 6) is 1.09. The van der Waals surface area contributed by atoms with Crippen LogP contribution in [0.5, 0.6) is 11.5 Å². The van der Waals surface area contributed by atoms with E-state index in [1.54, 1.807) is 26.4 Å². The Morgan fingerprint density at radius 3 is 2.63 bits per heavy atom. The molecule has 1 unspecified atom stereocenters. The van der Waals surface area contributed by atoms with E-state index in [-0.39, 0.29) is 12.5 Å². The number of nitrogens with one attached hydrogen (secondary N) is 1. The van der Waals surface area contributed by atoms with E-state index in [1.807, 2.05) is 6.07 Å². The zero-order valence-corrected chi connectivity index (χ0v) is 11.4. The van der Waals surface area contributed by atoms with Gasteiger partial charge in [-0.2, -0.15) is 0 Å². The highest BCUT2D eigenvalue weighted by Crippen LogP contribution is 2.24. The molecule has 0 saturated heterocycles. The van der Waals surface area contributed by atoms with Crippen molar-refractivity contribution in [2.45, 2.75) is 12.6 Å². The third-order valence-electron chi connectivity index (χ3n) is 2.63. The summed E-state index contributed by atoms with van der Waals surface area (Å²) in [6, 6.07) is 4.73. The Bertz CT molecular complexity index is 423. The van der Waals surface area contributed by atoms with Crippen LogP contribution in [-0.4, -0.2) is 39.9 Å². The number of nitrogens with two attached hydrogens (primary N) is 1. The number of rotatable bonds is 7. The van der Waals surface area contributed by atoms with Gasteiger partial charge in [-0.05, 0) is 12.1 Å². The van der Waals surface area contributed by atoms with Crippen LogP contribution in [0, 0.1) is 0 Å². The van der Waals surface area contributed by atoms with E-state index in [9.17, 15) is 4.79 Å². The molecule has 0 spiro atoms. The molecule has 1 rings (SSSR count). The number of ether oxygens (including phenoxy) is 3. The summed E-state index contributed by atoms with van der Waals surface area (Å²) in [6.07, 6.45) is 0. The van der Waals surface area contributed by atoms with Crippen LogP contribution in [-0.2, 0) is 16.1 Å². The van der Waals surface area contributed by atoms with E-state index in [0.29, 0.717) is 18.0 Å². The molecule has 19 heavy (non-hydrogen) atoms. The SMILES string of the molecule is COCC(N)C(=O)NCc1ccc(OC)cc1OC. The van der Waals surface area contributed by atoms with Crippen LogP contribution in [0.4, 0.5) is 0 Å². The summed E-state index contributed by atoms with van der Waals surface area (Å²) in [4.78, 5) is 11.6. The molecule has 0 aliphatic heterocycles. The average Bonchev–Trinajstić information content (AvgIpc) is 2.44. The van der Waals surface area contributed by atoms with Crippen molar-refractivity contribution in [2.24, 2.45) is 5.73 Å². The topological polar surface area (TPSA) is 82.8 Å². The molecular formula is C13H20N2O4. The highest BCUT2D eigenvalue weighted by molar-refractivity contribution is 5.81. The first-order chi connectivity index (χ1) is 9.12. The summed E-state index contributed by atoms with van der Waals surface area (Å²) < 4.78 is 15.2. The number of hydrogen-bond acceptors (Lipinski definition) is 5. The van der Waals surface area contributed by atoms with Crippen molar-refractivity contribution in [3.63, 3.8) is 0 Å². The minimum atomic E-state index is -0.672. The van der Waals surface area contributed by atoms with Gasteiger partial charge >= 0.3 is 0 Å². The van der Waals surface area contributed by atoms with E-state index in [2.05, 4.69) is 5.32 Å². The number of amides is 1. The monoisotopic (exact) mass is 268 g/mol. The fourth-order valence-corrected chi connectivity index (χ4v) is 1.57. The van der Waals surface area contributed by atoms with Crippen molar-refractivity contribution in [3.05, 3.63) is 23.8 Å². The fraction of sp³-hybridized carbons (Fsp3) is 0.462. The van der Waals surface area contributed by atoms with Crippen LogP contribution in [0.25, 0.3) is 0 Å². The fourth-order valence-electron chi connectivity index (χ4n) is 1.57. The van der Waals surface area contributed by atoms with Crippen LogP contribution in [0.2, 0.25) is 0 Å². The second kappa shape index (κ2) is 7.60. The van der Waals surface area contributed by atoms with Gasteiger partial charge in [0.2, 0.25) is 5.91 Å². The van der Waals surface area contributed by atoms with Crippen molar-refractivity contribution in [1.82, 2.24) is 5.32 Å². The number of carbonyl (C=O) groups excluding carboxylic acids is 1. The molecule has 0 aliphatic rings. The lowest BCUT2D eigenvalue weighted by Gasteiger charge is -2.13. The van der Waals surface area contributed by atoms with Gasteiger partial charge in [0.05, 0.1) is 20.8 Å². The lowest BCUT2D eigenvalue weighted by Crippen LogP contribution is -2.43. The summed E-state index contributed by atoms with van der Waals surface area (Å²) in [5, 5.41) is 2.73. The molecule has 0 fully saturated rings. The first kappa shape index (κ1) is 15.3.